The molecular formula is C19H23ClN2. The molecule has 1 heterocycles. The molecule has 0 saturated heterocycles. The molecule has 0 radical (unpaired) electrons. The standard InChI is InChI=1S/C19H23ClN2/c1-2-21-12-5-13-22-18-7-4-3-6-15(18)8-9-16-10-11-17(20)14-19(16)22/h3-4,6-7,10-11,14,21H,2,5,8-9,12-13H2,1H3. The smallest absolute Gasteiger partial charge is 0.0458 e. The Bertz CT molecular complexity index is 639. The minimum absolute atomic E-state index is 0.815. The van der Waals surface area contributed by atoms with Gasteiger partial charge in [-0.15, -0.1) is 0 Å². The lowest BCUT2D eigenvalue weighted by molar-refractivity contribution is 0.673. The molecule has 1 aliphatic rings. The van der Waals surface area contributed by atoms with Gasteiger partial charge in [0, 0.05) is 22.9 Å². The molecule has 2 aromatic rings. The number of anilines is 2. The Morgan fingerprint density at radius 1 is 1.05 bits per heavy atom. The van der Waals surface area contributed by atoms with Crippen molar-refractivity contribution in [3.05, 3.63) is 58.6 Å². The van der Waals surface area contributed by atoms with E-state index in [1.807, 2.05) is 6.07 Å². The van der Waals surface area contributed by atoms with E-state index in [1.54, 1.807) is 0 Å². The summed E-state index contributed by atoms with van der Waals surface area (Å²) >= 11 is 6.27. The van der Waals surface area contributed by atoms with Gasteiger partial charge in [0.15, 0.2) is 0 Å². The molecular weight excluding hydrogens is 292 g/mol. The van der Waals surface area contributed by atoms with Crippen molar-refractivity contribution in [1.29, 1.82) is 0 Å². The minimum Gasteiger partial charge on any atom is -0.341 e. The summed E-state index contributed by atoms with van der Waals surface area (Å²) < 4.78 is 0. The summed E-state index contributed by atoms with van der Waals surface area (Å²) in [4.78, 5) is 2.45. The number of benzene rings is 2. The first-order chi connectivity index (χ1) is 10.8. The van der Waals surface area contributed by atoms with Gasteiger partial charge >= 0.3 is 0 Å². The first-order valence-corrected chi connectivity index (χ1v) is 8.52. The molecule has 0 fully saturated rings. The number of hydrogen-bond acceptors (Lipinski definition) is 2. The van der Waals surface area contributed by atoms with Gasteiger partial charge in [-0.3, -0.25) is 0 Å². The van der Waals surface area contributed by atoms with E-state index >= 15 is 0 Å². The van der Waals surface area contributed by atoms with Gasteiger partial charge in [-0.05, 0) is 61.7 Å². The number of para-hydroxylation sites is 1. The zero-order valence-electron chi connectivity index (χ0n) is 13.1. The highest BCUT2D eigenvalue weighted by molar-refractivity contribution is 6.30. The van der Waals surface area contributed by atoms with E-state index in [0.717, 1.165) is 43.9 Å². The number of halogens is 1. The van der Waals surface area contributed by atoms with Crippen molar-refractivity contribution >= 4 is 23.0 Å². The van der Waals surface area contributed by atoms with Crippen LogP contribution in [0.5, 0.6) is 0 Å². The summed E-state index contributed by atoms with van der Waals surface area (Å²) in [6, 6.07) is 15.1. The quantitative estimate of drug-likeness (QED) is 0.813. The van der Waals surface area contributed by atoms with E-state index < -0.39 is 0 Å². The Morgan fingerprint density at radius 2 is 1.82 bits per heavy atom. The fraction of sp³-hybridized carbons (Fsp3) is 0.368. The second kappa shape index (κ2) is 7.17. The van der Waals surface area contributed by atoms with Crippen molar-refractivity contribution in [1.82, 2.24) is 5.32 Å². The molecule has 0 saturated carbocycles. The number of rotatable bonds is 5. The Labute approximate surface area is 138 Å². The van der Waals surface area contributed by atoms with Crippen LogP contribution in [0.3, 0.4) is 0 Å². The maximum absolute atomic E-state index is 6.27. The van der Waals surface area contributed by atoms with Crippen molar-refractivity contribution in [2.45, 2.75) is 26.2 Å². The van der Waals surface area contributed by atoms with Gasteiger partial charge in [0.25, 0.3) is 0 Å². The van der Waals surface area contributed by atoms with E-state index in [1.165, 1.54) is 22.5 Å². The number of nitrogens with zero attached hydrogens (tertiary/aromatic N) is 1. The molecule has 116 valence electrons. The lowest BCUT2D eigenvalue weighted by atomic mass is 10.0. The molecule has 1 aliphatic heterocycles. The first kappa shape index (κ1) is 15.4. The van der Waals surface area contributed by atoms with Crippen LogP contribution in [-0.2, 0) is 12.8 Å². The fourth-order valence-electron chi connectivity index (χ4n) is 3.16. The van der Waals surface area contributed by atoms with E-state index in [2.05, 4.69) is 53.5 Å². The van der Waals surface area contributed by atoms with Gasteiger partial charge in [-0.1, -0.05) is 42.8 Å². The molecule has 3 rings (SSSR count). The first-order valence-electron chi connectivity index (χ1n) is 8.14. The largest absolute Gasteiger partial charge is 0.341 e. The number of nitrogens with one attached hydrogen (secondary N) is 1. The highest BCUT2D eigenvalue weighted by Gasteiger charge is 2.20. The summed E-state index contributed by atoms with van der Waals surface area (Å²) in [5.74, 6) is 0. The van der Waals surface area contributed by atoms with Crippen LogP contribution in [-0.4, -0.2) is 19.6 Å². The second-order valence-electron chi connectivity index (χ2n) is 5.76. The van der Waals surface area contributed by atoms with Crippen LogP contribution in [0.1, 0.15) is 24.5 Å². The van der Waals surface area contributed by atoms with E-state index in [9.17, 15) is 0 Å². The molecule has 2 aromatic carbocycles. The summed E-state index contributed by atoms with van der Waals surface area (Å²) in [5, 5.41) is 4.22. The predicted molar refractivity (Wildman–Crippen MR) is 95.5 cm³/mol. The molecule has 0 spiro atoms. The zero-order chi connectivity index (χ0) is 15.4. The summed E-state index contributed by atoms with van der Waals surface area (Å²) in [7, 11) is 0. The summed E-state index contributed by atoms with van der Waals surface area (Å²) in [5.41, 5.74) is 5.43. The van der Waals surface area contributed by atoms with Gasteiger partial charge in [-0.25, -0.2) is 0 Å². The van der Waals surface area contributed by atoms with Crippen molar-refractivity contribution < 1.29 is 0 Å². The topological polar surface area (TPSA) is 15.3 Å². The Hall–Kier alpha value is -1.51. The molecule has 22 heavy (non-hydrogen) atoms. The molecule has 0 bridgehead atoms. The monoisotopic (exact) mass is 314 g/mol. The Balaban J connectivity index is 1.95. The zero-order valence-corrected chi connectivity index (χ0v) is 13.9. The number of hydrogen-bond donors (Lipinski definition) is 1. The van der Waals surface area contributed by atoms with Crippen molar-refractivity contribution in [3.63, 3.8) is 0 Å². The van der Waals surface area contributed by atoms with Crippen LogP contribution in [0.4, 0.5) is 11.4 Å². The molecule has 3 heteroatoms. The van der Waals surface area contributed by atoms with Crippen LogP contribution >= 0.6 is 11.6 Å². The molecule has 2 nitrogen and oxygen atoms in total. The van der Waals surface area contributed by atoms with Gasteiger partial charge < -0.3 is 10.2 Å². The van der Waals surface area contributed by atoms with Gasteiger partial charge in [0.2, 0.25) is 0 Å². The fourth-order valence-corrected chi connectivity index (χ4v) is 3.33. The van der Waals surface area contributed by atoms with Gasteiger partial charge in [0.1, 0.15) is 0 Å². The van der Waals surface area contributed by atoms with E-state index in [-0.39, 0.29) is 0 Å². The second-order valence-corrected chi connectivity index (χ2v) is 6.20. The lowest BCUT2D eigenvalue weighted by Crippen LogP contribution is -2.24. The van der Waals surface area contributed by atoms with Crippen LogP contribution < -0.4 is 10.2 Å². The third-order valence-corrected chi connectivity index (χ3v) is 4.50. The Kier molecular flexibility index (Phi) is 5.01. The highest BCUT2D eigenvalue weighted by Crippen LogP contribution is 2.37. The van der Waals surface area contributed by atoms with Crippen molar-refractivity contribution in [2.24, 2.45) is 0 Å². The van der Waals surface area contributed by atoms with Crippen molar-refractivity contribution in [3.8, 4) is 0 Å². The maximum atomic E-state index is 6.27. The van der Waals surface area contributed by atoms with E-state index in [4.69, 9.17) is 11.6 Å². The molecule has 0 aliphatic carbocycles. The maximum Gasteiger partial charge on any atom is 0.0458 e. The van der Waals surface area contributed by atoms with Crippen LogP contribution in [0, 0.1) is 0 Å². The predicted octanol–water partition coefficient (Wildman–Crippen LogP) is 4.58. The molecule has 0 unspecified atom stereocenters. The summed E-state index contributed by atoms with van der Waals surface area (Å²) in [6.07, 6.45) is 3.29. The van der Waals surface area contributed by atoms with Gasteiger partial charge in [-0.2, -0.15) is 0 Å². The Morgan fingerprint density at radius 3 is 2.64 bits per heavy atom. The lowest BCUT2D eigenvalue weighted by Gasteiger charge is -2.27. The average molecular weight is 315 g/mol. The highest BCUT2D eigenvalue weighted by atomic mass is 35.5. The molecule has 0 atom stereocenters. The normalized spacial score (nSPS) is 13.5. The number of fused-ring (bicyclic) bond motifs is 2. The molecule has 0 amide bonds. The molecule has 1 N–H and O–H groups in total. The number of aryl methyl sites for hydroxylation is 2. The summed E-state index contributed by atoms with van der Waals surface area (Å²) in [6.45, 7) is 5.23. The molecule has 0 aromatic heterocycles. The minimum atomic E-state index is 0.815. The van der Waals surface area contributed by atoms with Gasteiger partial charge in [0.05, 0.1) is 0 Å². The SMILES string of the molecule is CCNCCCN1c2ccccc2CCc2ccc(Cl)cc21. The van der Waals surface area contributed by atoms with Crippen LogP contribution in [0.2, 0.25) is 5.02 Å². The van der Waals surface area contributed by atoms with Crippen LogP contribution in [0.15, 0.2) is 42.5 Å². The third kappa shape index (κ3) is 3.29. The van der Waals surface area contributed by atoms with Crippen LogP contribution in [0.25, 0.3) is 0 Å². The van der Waals surface area contributed by atoms with Crippen molar-refractivity contribution in [2.75, 3.05) is 24.5 Å². The van der Waals surface area contributed by atoms with E-state index in [0.29, 0.717) is 0 Å². The average Bonchev–Trinajstić information content (AvgIpc) is 2.69. The third-order valence-electron chi connectivity index (χ3n) is 4.27.